The Hall–Kier alpha value is -0.870. The van der Waals surface area contributed by atoms with Crippen LogP contribution in [-0.4, -0.2) is 19.7 Å². The van der Waals surface area contributed by atoms with Crippen LogP contribution in [0.15, 0.2) is 28.7 Å². The van der Waals surface area contributed by atoms with E-state index in [1.165, 1.54) is 7.11 Å². The number of benzene rings is 1. The van der Waals surface area contributed by atoms with Crippen molar-refractivity contribution in [2.45, 2.75) is 13.0 Å². The van der Waals surface area contributed by atoms with Crippen LogP contribution >= 0.6 is 15.9 Å². The van der Waals surface area contributed by atoms with E-state index in [4.69, 9.17) is 4.74 Å². The summed E-state index contributed by atoms with van der Waals surface area (Å²) in [5.41, 5.74) is 0.798. The van der Waals surface area contributed by atoms with E-state index in [2.05, 4.69) is 20.7 Å². The number of esters is 1. The average molecular weight is 273 g/mol. The van der Waals surface area contributed by atoms with Crippen molar-refractivity contribution in [3.63, 3.8) is 0 Å². The minimum atomic E-state index is -0.631. The van der Waals surface area contributed by atoms with Gasteiger partial charge >= 0.3 is 5.97 Å². The number of hydrogen-bond donors (Lipinski definition) is 0. The molecule has 1 rings (SSSR count). The Morgan fingerprint density at radius 2 is 2.00 bits per heavy atom. The van der Waals surface area contributed by atoms with Gasteiger partial charge in [0.2, 0.25) is 0 Å². The highest BCUT2D eigenvalue weighted by atomic mass is 79.9. The summed E-state index contributed by atoms with van der Waals surface area (Å²) in [7, 11) is 1.35. The number of hydrogen-bond acceptors (Lipinski definition) is 3. The van der Waals surface area contributed by atoms with Crippen molar-refractivity contribution in [2.75, 3.05) is 13.7 Å². The summed E-state index contributed by atoms with van der Waals surface area (Å²) in [6.07, 6.45) is -0.631. The Balaban J connectivity index is 2.88. The molecule has 4 heteroatoms. The molecular weight excluding hydrogens is 260 g/mol. The number of methoxy groups -OCH3 is 1. The topological polar surface area (TPSA) is 35.5 Å². The van der Waals surface area contributed by atoms with Gasteiger partial charge in [0.25, 0.3) is 0 Å². The largest absolute Gasteiger partial charge is 0.467 e. The first kappa shape index (κ1) is 12.2. The fraction of sp³-hybridized carbons (Fsp3) is 0.364. The van der Waals surface area contributed by atoms with E-state index in [0.717, 1.165) is 10.0 Å². The molecule has 0 spiro atoms. The van der Waals surface area contributed by atoms with Gasteiger partial charge in [-0.25, -0.2) is 4.79 Å². The van der Waals surface area contributed by atoms with Gasteiger partial charge in [0.05, 0.1) is 7.11 Å². The molecular formula is C11H13BrO3. The summed E-state index contributed by atoms with van der Waals surface area (Å²) in [4.78, 5) is 11.4. The van der Waals surface area contributed by atoms with Gasteiger partial charge in [0, 0.05) is 11.1 Å². The monoisotopic (exact) mass is 272 g/mol. The minimum absolute atomic E-state index is 0.376. The lowest BCUT2D eigenvalue weighted by molar-refractivity contribution is -0.154. The SMILES string of the molecule is CCOC(C(=O)OC)c1ccc(Br)cc1. The quantitative estimate of drug-likeness (QED) is 0.791. The second kappa shape index (κ2) is 5.88. The van der Waals surface area contributed by atoms with Gasteiger partial charge in [-0.3, -0.25) is 0 Å². The van der Waals surface area contributed by atoms with Gasteiger partial charge in [-0.2, -0.15) is 0 Å². The van der Waals surface area contributed by atoms with E-state index in [1.54, 1.807) is 0 Å². The van der Waals surface area contributed by atoms with E-state index in [9.17, 15) is 4.79 Å². The summed E-state index contributed by atoms with van der Waals surface area (Å²) in [5, 5.41) is 0. The highest BCUT2D eigenvalue weighted by Crippen LogP contribution is 2.21. The van der Waals surface area contributed by atoms with E-state index in [-0.39, 0.29) is 5.97 Å². The fourth-order valence-electron chi connectivity index (χ4n) is 1.21. The molecule has 0 N–H and O–H groups in total. The van der Waals surface area contributed by atoms with Crippen LogP contribution in [0.5, 0.6) is 0 Å². The highest BCUT2D eigenvalue weighted by Gasteiger charge is 2.21. The summed E-state index contributed by atoms with van der Waals surface area (Å²) in [5.74, 6) is -0.376. The number of carbonyl (C=O) groups excluding carboxylic acids is 1. The molecule has 1 unspecified atom stereocenters. The molecule has 0 aliphatic rings. The molecule has 3 nitrogen and oxygen atoms in total. The van der Waals surface area contributed by atoms with Gasteiger partial charge in [-0.1, -0.05) is 28.1 Å². The van der Waals surface area contributed by atoms with Gasteiger partial charge in [-0.05, 0) is 24.6 Å². The number of carbonyl (C=O) groups is 1. The maximum atomic E-state index is 11.4. The third-order valence-corrected chi connectivity index (χ3v) is 2.45. The molecule has 1 aromatic carbocycles. The zero-order chi connectivity index (χ0) is 11.3. The van der Waals surface area contributed by atoms with E-state index >= 15 is 0 Å². The fourth-order valence-corrected chi connectivity index (χ4v) is 1.48. The van der Waals surface area contributed by atoms with Crippen molar-refractivity contribution >= 4 is 21.9 Å². The Kier molecular flexibility index (Phi) is 4.78. The van der Waals surface area contributed by atoms with Crippen LogP contribution in [0.3, 0.4) is 0 Å². The van der Waals surface area contributed by atoms with Gasteiger partial charge in [0.1, 0.15) is 0 Å². The van der Waals surface area contributed by atoms with Crippen molar-refractivity contribution in [3.8, 4) is 0 Å². The van der Waals surface area contributed by atoms with Crippen molar-refractivity contribution in [1.29, 1.82) is 0 Å². The smallest absolute Gasteiger partial charge is 0.339 e. The lowest BCUT2D eigenvalue weighted by Crippen LogP contribution is -2.17. The molecule has 1 aromatic rings. The van der Waals surface area contributed by atoms with Gasteiger partial charge in [0.15, 0.2) is 6.10 Å². The van der Waals surface area contributed by atoms with Crippen LogP contribution in [0.2, 0.25) is 0 Å². The Bertz CT molecular complexity index is 321. The summed E-state index contributed by atoms with van der Waals surface area (Å²) in [6, 6.07) is 7.40. The van der Waals surface area contributed by atoms with Crippen LogP contribution in [0.25, 0.3) is 0 Å². The first-order valence-electron chi connectivity index (χ1n) is 4.64. The Morgan fingerprint density at radius 1 is 1.40 bits per heavy atom. The summed E-state index contributed by atoms with van der Waals surface area (Å²) >= 11 is 3.33. The Morgan fingerprint density at radius 3 is 2.47 bits per heavy atom. The molecule has 1 atom stereocenters. The molecule has 0 saturated carbocycles. The number of rotatable bonds is 4. The van der Waals surface area contributed by atoms with Crippen molar-refractivity contribution in [2.24, 2.45) is 0 Å². The van der Waals surface area contributed by atoms with Crippen LogP contribution < -0.4 is 0 Å². The molecule has 15 heavy (non-hydrogen) atoms. The maximum Gasteiger partial charge on any atom is 0.339 e. The van der Waals surface area contributed by atoms with Crippen molar-refractivity contribution in [3.05, 3.63) is 34.3 Å². The molecule has 0 fully saturated rings. The normalized spacial score (nSPS) is 12.2. The molecule has 82 valence electrons. The summed E-state index contributed by atoms with van der Waals surface area (Å²) < 4.78 is 11.0. The second-order valence-corrected chi connectivity index (χ2v) is 3.83. The molecule has 0 aliphatic heterocycles. The van der Waals surface area contributed by atoms with Gasteiger partial charge in [-0.15, -0.1) is 0 Å². The molecule has 0 radical (unpaired) electrons. The average Bonchev–Trinajstić information content (AvgIpc) is 2.26. The number of halogens is 1. The van der Waals surface area contributed by atoms with Crippen molar-refractivity contribution in [1.82, 2.24) is 0 Å². The number of ether oxygens (including phenoxy) is 2. The van der Waals surface area contributed by atoms with E-state index in [1.807, 2.05) is 31.2 Å². The molecule has 0 amide bonds. The Labute approximate surface area is 97.5 Å². The summed E-state index contributed by atoms with van der Waals surface area (Å²) in [6.45, 7) is 2.31. The highest BCUT2D eigenvalue weighted by molar-refractivity contribution is 9.10. The third kappa shape index (κ3) is 3.32. The molecule has 0 aromatic heterocycles. The van der Waals surface area contributed by atoms with Crippen molar-refractivity contribution < 1.29 is 14.3 Å². The van der Waals surface area contributed by atoms with Crippen LogP contribution in [0.4, 0.5) is 0 Å². The zero-order valence-electron chi connectivity index (χ0n) is 8.70. The molecule has 0 aliphatic carbocycles. The maximum absolute atomic E-state index is 11.4. The molecule has 0 heterocycles. The lowest BCUT2D eigenvalue weighted by atomic mass is 10.1. The first-order valence-corrected chi connectivity index (χ1v) is 5.43. The van der Waals surface area contributed by atoms with Crippen LogP contribution in [0.1, 0.15) is 18.6 Å². The predicted octanol–water partition coefficient (Wildman–Crippen LogP) is 2.70. The second-order valence-electron chi connectivity index (χ2n) is 2.91. The zero-order valence-corrected chi connectivity index (χ0v) is 10.3. The third-order valence-electron chi connectivity index (χ3n) is 1.92. The van der Waals surface area contributed by atoms with Crippen LogP contribution in [-0.2, 0) is 14.3 Å². The molecule has 0 bridgehead atoms. The predicted molar refractivity (Wildman–Crippen MR) is 60.5 cm³/mol. The van der Waals surface area contributed by atoms with Crippen LogP contribution in [0, 0.1) is 0 Å². The van der Waals surface area contributed by atoms with E-state index < -0.39 is 6.10 Å². The van der Waals surface area contributed by atoms with Gasteiger partial charge < -0.3 is 9.47 Å². The van der Waals surface area contributed by atoms with E-state index in [0.29, 0.717) is 6.61 Å². The standard InChI is InChI=1S/C11H13BrO3/c1-3-15-10(11(13)14-2)8-4-6-9(12)7-5-8/h4-7,10H,3H2,1-2H3. The molecule has 0 saturated heterocycles. The lowest BCUT2D eigenvalue weighted by Gasteiger charge is -2.14. The minimum Gasteiger partial charge on any atom is -0.467 e. The first-order chi connectivity index (χ1) is 7.19.